The second-order valence-electron chi connectivity index (χ2n) is 6.25. The number of piperidine rings is 1. The molecule has 1 saturated heterocycles. The molecule has 0 saturated carbocycles. The Balaban J connectivity index is 1.40. The van der Waals surface area contributed by atoms with Gasteiger partial charge < -0.3 is 19.4 Å². The molecule has 1 aliphatic heterocycles. The van der Waals surface area contributed by atoms with E-state index in [0.717, 1.165) is 18.4 Å². The van der Waals surface area contributed by atoms with Gasteiger partial charge in [0.15, 0.2) is 6.61 Å². The largest absolute Gasteiger partial charge is 0.484 e. The molecule has 6 heteroatoms. The molecule has 132 valence electrons. The van der Waals surface area contributed by atoms with Crippen LogP contribution in [-0.2, 0) is 4.79 Å². The van der Waals surface area contributed by atoms with Crippen molar-refractivity contribution in [2.75, 3.05) is 19.7 Å². The maximum Gasteiger partial charge on any atom is 0.258 e. The molecule has 1 aromatic carbocycles. The minimum atomic E-state index is -0.139. The minimum Gasteiger partial charge on any atom is -0.484 e. The number of nitrogens with zero attached hydrogens (tertiary/aromatic N) is 1. The second kappa shape index (κ2) is 7.88. The zero-order valence-corrected chi connectivity index (χ0v) is 14.2. The first-order valence-electron chi connectivity index (χ1n) is 8.42. The van der Waals surface area contributed by atoms with Gasteiger partial charge in [0.2, 0.25) is 0 Å². The number of furan rings is 1. The second-order valence-corrected chi connectivity index (χ2v) is 6.25. The Morgan fingerprint density at radius 3 is 2.56 bits per heavy atom. The Labute approximate surface area is 146 Å². The molecule has 2 aromatic rings. The summed E-state index contributed by atoms with van der Waals surface area (Å²) in [4.78, 5) is 26.0. The van der Waals surface area contributed by atoms with Crippen LogP contribution in [0.4, 0.5) is 0 Å². The van der Waals surface area contributed by atoms with Crippen molar-refractivity contribution >= 4 is 11.8 Å². The van der Waals surface area contributed by atoms with E-state index >= 15 is 0 Å². The summed E-state index contributed by atoms with van der Waals surface area (Å²) in [6, 6.07) is 9.33. The molecule has 1 aromatic heterocycles. The van der Waals surface area contributed by atoms with E-state index in [1.807, 2.05) is 31.2 Å². The van der Waals surface area contributed by atoms with Gasteiger partial charge in [-0.3, -0.25) is 9.59 Å². The normalized spacial score (nSPS) is 15.0. The summed E-state index contributed by atoms with van der Waals surface area (Å²) in [6.07, 6.45) is 4.42. The Bertz CT molecular complexity index is 702. The van der Waals surface area contributed by atoms with E-state index in [1.54, 1.807) is 11.0 Å². The molecule has 0 radical (unpaired) electrons. The Kier molecular flexibility index (Phi) is 5.38. The van der Waals surface area contributed by atoms with Crippen LogP contribution >= 0.6 is 0 Å². The third-order valence-corrected chi connectivity index (χ3v) is 4.31. The van der Waals surface area contributed by atoms with Crippen molar-refractivity contribution in [2.24, 2.45) is 0 Å². The van der Waals surface area contributed by atoms with Crippen LogP contribution in [0.5, 0.6) is 5.75 Å². The van der Waals surface area contributed by atoms with Gasteiger partial charge in [0.1, 0.15) is 12.0 Å². The van der Waals surface area contributed by atoms with Gasteiger partial charge in [0, 0.05) is 19.1 Å². The predicted octanol–water partition coefficient (Wildman–Crippen LogP) is 2.39. The third kappa shape index (κ3) is 4.62. The molecule has 2 heterocycles. The first-order valence-corrected chi connectivity index (χ1v) is 8.42. The third-order valence-electron chi connectivity index (χ3n) is 4.31. The number of carbonyl (C=O) groups excluding carboxylic acids is 2. The van der Waals surface area contributed by atoms with Gasteiger partial charge in [-0.1, -0.05) is 17.7 Å². The molecule has 2 amide bonds. The van der Waals surface area contributed by atoms with Gasteiger partial charge in [-0.05, 0) is 38.0 Å². The SMILES string of the molecule is Cc1ccc(OCC(=O)NC2CCN(C(=O)c3ccoc3)CC2)cc1. The van der Waals surface area contributed by atoms with Gasteiger partial charge in [0.05, 0.1) is 11.8 Å². The molecule has 25 heavy (non-hydrogen) atoms. The summed E-state index contributed by atoms with van der Waals surface area (Å²) in [7, 11) is 0. The molecular formula is C19H22N2O4. The fourth-order valence-corrected chi connectivity index (χ4v) is 2.85. The van der Waals surface area contributed by atoms with Gasteiger partial charge in [-0.25, -0.2) is 0 Å². The summed E-state index contributed by atoms with van der Waals surface area (Å²) < 4.78 is 10.4. The monoisotopic (exact) mass is 342 g/mol. The first-order chi connectivity index (χ1) is 12.1. The zero-order valence-electron chi connectivity index (χ0n) is 14.2. The molecule has 0 atom stereocenters. The lowest BCUT2D eigenvalue weighted by molar-refractivity contribution is -0.124. The lowest BCUT2D eigenvalue weighted by atomic mass is 10.0. The number of hydrogen-bond donors (Lipinski definition) is 1. The van der Waals surface area contributed by atoms with Crippen LogP contribution in [0, 0.1) is 6.92 Å². The highest BCUT2D eigenvalue weighted by atomic mass is 16.5. The number of rotatable bonds is 5. The van der Waals surface area contributed by atoms with Crippen molar-refractivity contribution in [1.29, 1.82) is 0 Å². The molecule has 0 bridgehead atoms. The quantitative estimate of drug-likeness (QED) is 0.906. The predicted molar refractivity (Wildman–Crippen MR) is 92.5 cm³/mol. The molecule has 1 aliphatic rings. The first kappa shape index (κ1) is 17.1. The van der Waals surface area contributed by atoms with E-state index in [4.69, 9.17) is 9.15 Å². The number of carbonyl (C=O) groups is 2. The van der Waals surface area contributed by atoms with Crippen molar-refractivity contribution in [2.45, 2.75) is 25.8 Å². The lowest BCUT2D eigenvalue weighted by Gasteiger charge is -2.32. The van der Waals surface area contributed by atoms with E-state index in [1.165, 1.54) is 12.5 Å². The number of benzene rings is 1. The highest BCUT2D eigenvalue weighted by Crippen LogP contribution is 2.15. The Morgan fingerprint density at radius 1 is 1.20 bits per heavy atom. The van der Waals surface area contributed by atoms with E-state index in [2.05, 4.69) is 5.32 Å². The summed E-state index contributed by atoms with van der Waals surface area (Å²) in [6.45, 7) is 3.24. The van der Waals surface area contributed by atoms with E-state index in [-0.39, 0.29) is 24.5 Å². The minimum absolute atomic E-state index is 0.00275. The van der Waals surface area contributed by atoms with E-state index in [0.29, 0.717) is 24.4 Å². The smallest absolute Gasteiger partial charge is 0.258 e. The van der Waals surface area contributed by atoms with Crippen molar-refractivity contribution in [1.82, 2.24) is 10.2 Å². The Hall–Kier alpha value is -2.76. The molecule has 3 rings (SSSR count). The maximum absolute atomic E-state index is 12.2. The fourth-order valence-electron chi connectivity index (χ4n) is 2.85. The van der Waals surface area contributed by atoms with Crippen molar-refractivity contribution in [3.63, 3.8) is 0 Å². The summed E-state index contributed by atoms with van der Waals surface area (Å²) in [5.74, 6) is 0.516. The van der Waals surface area contributed by atoms with Crippen molar-refractivity contribution < 1.29 is 18.7 Å². The average molecular weight is 342 g/mol. The summed E-state index contributed by atoms with van der Waals surface area (Å²) in [5, 5.41) is 2.97. The molecule has 0 spiro atoms. The molecule has 0 unspecified atom stereocenters. The molecule has 0 aliphatic carbocycles. The molecule has 1 fully saturated rings. The zero-order chi connectivity index (χ0) is 17.6. The maximum atomic E-state index is 12.2. The number of likely N-dealkylation sites (tertiary alicyclic amines) is 1. The van der Waals surface area contributed by atoms with Crippen LogP contribution in [0.15, 0.2) is 47.3 Å². The van der Waals surface area contributed by atoms with Gasteiger partial charge in [-0.15, -0.1) is 0 Å². The highest BCUT2D eigenvalue weighted by Gasteiger charge is 2.25. The van der Waals surface area contributed by atoms with Crippen LogP contribution in [0.1, 0.15) is 28.8 Å². The van der Waals surface area contributed by atoms with Crippen LogP contribution in [0.3, 0.4) is 0 Å². The fraction of sp³-hybridized carbons (Fsp3) is 0.368. The molecular weight excluding hydrogens is 320 g/mol. The number of nitrogens with one attached hydrogen (secondary N) is 1. The van der Waals surface area contributed by atoms with Crippen molar-refractivity contribution in [3.8, 4) is 5.75 Å². The average Bonchev–Trinajstić information content (AvgIpc) is 3.16. The van der Waals surface area contributed by atoms with Crippen LogP contribution in [0.2, 0.25) is 0 Å². The number of ether oxygens (including phenoxy) is 1. The summed E-state index contributed by atoms with van der Waals surface area (Å²) in [5.41, 5.74) is 1.71. The summed E-state index contributed by atoms with van der Waals surface area (Å²) >= 11 is 0. The van der Waals surface area contributed by atoms with Crippen LogP contribution < -0.4 is 10.1 Å². The lowest BCUT2D eigenvalue weighted by Crippen LogP contribution is -2.47. The Morgan fingerprint density at radius 2 is 1.92 bits per heavy atom. The number of amides is 2. The molecule has 1 N–H and O–H groups in total. The standard InChI is InChI=1S/C19H22N2O4/c1-14-2-4-17(5-3-14)25-13-18(22)20-16-6-9-21(10-7-16)19(23)15-8-11-24-12-15/h2-5,8,11-12,16H,6-7,9-10,13H2,1H3,(H,20,22). The van der Waals surface area contributed by atoms with Crippen molar-refractivity contribution in [3.05, 3.63) is 54.0 Å². The number of aryl methyl sites for hydroxylation is 1. The van der Waals surface area contributed by atoms with E-state index < -0.39 is 0 Å². The van der Waals surface area contributed by atoms with Gasteiger partial charge in [0.25, 0.3) is 11.8 Å². The molecule has 6 nitrogen and oxygen atoms in total. The highest BCUT2D eigenvalue weighted by molar-refractivity contribution is 5.93. The van der Waals surface area contributed by atoms with Gasteiger partial charge >= 0.3 is 0 Å². The number of hydrogen-bond acceptors (Lipinski definition) is 4. The van der Waals surface area contributed by atoms with Crippen LogP contribution in [-0.4, -0.2) is 42.5 Å². The van der Waals surface area contributed by atoms with Gasteiger partial charge in [-0.2, -0.15) is 0 Å². The van der Waals surface area contributed by atoms with Crippen LogP contribution in [0.25, 0.3) is 0 Å². The van der Waals surface area contributed by atoms with E-state index in [9.17, 15) is 9.59 Å². The topological polar surface area (TPSA) is 71.8 Å².